The van der Waals surface area contributed by atoms with Crippen molar-refractivity contribution in [3.05, 3.63) is 72.7 Å². The van der Waals surface area contributed by atoms with Crippen molar-refractivity contribution >= 4 is 17.3 Å². The number of nitrogens with zero attached hydrogens (tertiary/aromatic N) is 4. The van der Waals surface area contributed by atoms with Crippen LogP contribution >= 0.6 is 0 Å². The predicted molar refractivity (Wildman–Crippen MR) is 129 cm³/mol. The number of carbonyl (C=O) groups is 1. The van der Waals surface area contributed by atoms with E-state index in [0.29, 0.717) is 42.5 Å². The molecule has 0 radical (unpaired) electrons. The highest BCUT2D eigenvalue weighted by Crippen LogP contribution is 2.40. The van der Waals surface area contributed by atoms with Crippen molar-refractivity contribution in [2.75, 3.05) is 25.6 Å². The Bertz CT molecular complexity index is 1350. The SMILES string of the molecule is COc1c(F)cccc1Nc1c(-c2ccncc2)cn2c1C(=O)NCC[C@H]2COc1ccn(C)n1. The van der Waals surface area contributed by atoms with Crippen LogP contribution in [0.2, 0.25) is 0 Å². The number of hydrogen-bond acceptors (Lipinski definition) is 6. The van der Waals surface area contributed by atoms with Crippen LogP contribution in [0.25, 0.3) is 11.1 Å². The Balaban J connectivity index is 1.61. The van der Waals surface area contributed by atoms with Gasteiger partial charge < -0.3 is 24.7 Å². The number of halogens is 1. The van der Waals surface area contributed by atoms with E-state index in [2.05, 4.69) is 20.7 Å². The molecule has 0 spiro atoms. The fourth-order valence-electron chi connectivity index (χ4n) is 4.26. The van der Waals surface area contributed by atoms with E-state index >= 15 is 0 Å². The van der Waals surface area contributed by atoms with Gasteiger partial charge in [0.05, 0.1) is 24.5 Å². The number of aryl methyl sites for hydroxylation is 1. The summed E-state index contributed by atoms with van der Waals surface area (Å²) < 4.78 is 29.3. The van der Waals surface area contributed by atoms with Gasteiger partial charge in [-0.05, 0) is 36.2 Å². The van der Waals surface area contributed by atoms with E-state index in [1.807, 2.05) is 36.1 Å². The number of methoxy groups -OCH3 is 1. The molecule has 2 N–H and O–H groups in total. The van der Waals surface area contributed by atoms with Gasteiger partial charge in [0.2, 0.25) is 5.88 Å². The highest BCUT2D eigenvalue weighted by atomic mass is 19.1. The van der Waals surface area contributed by atoms with Gasteiger partial charge in [-0.15, -0.1) is 5.10 Å². The third-order valence-corrected chi connectivity index (χ3v) is 5.94. The molecule has 180 valence electrons. The second kappa shape index (κ2) is 9.49. The summed E-state index contributed by atoms with van der Waals surface area (Å²) in [6, 6.07) is 10.00. The first kappa shape index (κ1) is 22.5. The van der Waals surface area contributed by atoms with Crippen LogP contribution in [0.5, 0.6) is 11.6 Å². The van der Waals surface area contributed by atoms with Crippen molar-refractivity contribution in [3.8, 4) is 22.8 Å². The summed E-state index contributed by atoms with van der Waals surface area (Å²) in [4.78, 5) is 17.4. The summed E-state index contributed by atoms with van der Waals surface area (Å²) in [7, 11) is 3.23. The van der Waals surface area contributed by atoms with Crippen molar-refractivity contribution in [1.29, 1.82) is 0 Å². The molecule has 9 nitrogen and oxygen atoms in total. The molecule has 35 heavy (non-hydrogen) atoms. The number of carbonyl (C=O) groups excluding carboxylic acids is 1. The molecule has 0 saturated carbocycles. The maximum absolute atomic E-state index is 14.4. The normalized spacial score (nSPS) is 15.2. The minimum Gasteiger partial charge on any atom is -0.492 e. The fraction of sp³-hybridized carbons (Fsp3) is 0.240. The summed E-state index contributed by atoms with van der Waals surface area (Å²) >= 11 is 0. The zero-order valence-corrected chi connectivity index (χ0v) is 19.4. The number of aromatic nitrogens is 4. The van der Waals surface area contributed by atoms with Crippen LogP contribution in [0.15, 0.2) is 61.2 Å². The third-order valence-electron chi connectivity index (χ3n) is 5.94. The Kier molecular flexibility index (Phi) is 6.09. The Morgan fingerprint density at radius 1 is 1.23 bits per heavy atom. The van der Waals surface area contributed by atoms with Gasteiger partial charge in [-0.1, -0.05) is 6.07 Å². The average molecular weight is 477 g/mol. The lowest BCUT2D eigenvalue weighted by molar-refractivity contribution is 0.0952. The lowest BCUT2D eigenvalue weighted by atomic mass is 10.1. The molecule has 1 aliphatic heterocycles. The number of hydrogen-bond donors (Lipinski definition) is 2. The van der Waals surface area contributed by atoms with E-state index < -0.39 is 5.82 Å². The van der Waals surface area contributed by atoms with E-state index in [0.717, 1.165) is 11.1 Å². The number of amides is 1. The van der Waals surface area contributed by atoms with Crippen LogP contribution in [-0.4, -0.2) is 45.5 Å². The number of fused-ring (bicyclic) bond motifs is 1. The molecule has 5 rings (SSSR count). The zero-order valence-electron chi connectivity index (χ0n) is 19.4. The molecule has 0 bridgehead atoms. The molecular formula is C25H25FN6O3. The number of anilines is 2. The van der Waals surface area contributed by atoms with Crippen molar-refractivity contribution in [3.63, 3.8) is 0 Å². The number of ether oxygens (including phenoxy) is 2. The summed E-state index contributed by atoms with van der Waals surface area (Å²) in [5, 5.41) is 10.5. The average Bonchev–Trinajstić information content (AvgIpc) is 3.41. The van der Waals surface area contributed by atoms with Crippen LogP contribution in [0.4, 0.5) is 15.8 Å². The van der Waals surface area contributed by atoms with E-state index in [4.69, 9.17) is 9.47 Å². The first-order valence-electron chi connectivity index (χ1n) is 11.2. The summed E-state index contributed by atoms with van der Waals surface area (Å²) in [6.07, 6.45) is 7.78. The van der Waals surface area contributed by atoms with Crippen LogP contribution in [0.1, 0.15) is 23.0 Å². The standard InChI is InChI=1S/C25H25FN6O3/c1-31-13-9-21(30-31)35-15-17-8-12-28-25(33)23-22(29-20-5-3-4-19(26)24(20)34-2)18(14-32(17)23)16-6-10-27-11-7-16/h3-7,9-11,13-14,17,29H,8,12,15H2,1-2H3,(H,28,33)/t17-/m0/s1. The fourth-order valence-corrected chi connectivity index (χ4v) is 4.26. The van der Waals surface area contributed by atoms with Gasteiger partial charge in [0.25, 0.3) is 5.91 Å². The van der Waals surface area contributed by atoms with Crippen molar-refractivity contribution in [2.24, 2.45) is 7.05 Å². The molecule has 10 heteroatoms. The molecule has 1 atom stereocenters. The molecule has 0 saturated heterocycles. The van der Waals surface area contributed by atoms with E-state index in [9.17, 15) is 9.18 Å². The molecule has 3 aromatic heterocycles. The molecule has 1 aliphatic rings. The van der Waals surface area contributed by atoms with Crippen molar-refractivity contribution < 1.29 is 18.7 Å². The van der Waals surface area contributed by atoms with Gasteiger partial charge in [0.15, 0.2) is 11.6 Å². The largest absolute Gasteiger partial charge is 0.492 e. The second-order valence-corrected chi connectivity index (χ2v) is 8.19. The molecule has 0 fully saturated rings. The van der Waals surface area contributed by atoms with Crippen LogP contribution in [0, 0.1) is 5.82 Å². The third kappa shape index (κ3) is 4.42. The molecule has 4 heterocycles. The number of para-hydroxylation sites is 1. The van der Waals surface area contributed by atoms with Gasteiger partial charge in [0.1, 0.15) is 12.3 Å². The lowest BCUT2D eigenvalue weighted by Gasteiger charge is -2.18. The molecule has 1 amide bonds. The quantitative estimate of drug-likeness (QED) is 0.420. The number of nitrogens with one attached hydrogen (secondary N) is 2. The predicted octanol–water partition coefficient (Wildman–Crippen LogP) is 3.93. The summed E-state index contributed by atoms with van der Waals surface area (Å²) in [6.45, 7) is 0.816. The molecule has 4 aromatic rings. The van der Waals surface area contributed by atoms with Crippen LogP contribution < -0.4 is 20.1 Å². The van der Waals surface area contributed by atoms with Gasteiger partial charge in [0, 0.05) is 50.0 Å². The first-order valence-corrected chi connectivity index (χ1v) is 11.2. The molecular weight excluding hydrogens is 451 g/mol. The Morgan fingerprint density at radius 2 is 2.06 bits per heavy atom. The van der Waals surface area contributed by atoms with Gasteiger partial charge in [-0.25, -0.2) is 4.39 Å². The Hall–Kier alpha value is -4.34. The van der Waals surface area contributed by atoms with E-state index in [1.54, 1.807) is 35.3 Å². The number of benzene rings is 1. The monoisotopic (exact) mass is 476 g/mol. The maximum atomic E-state index is 14.4. The van der Waals surface area contributed by atoms with Crippen LogP contribution in [-0.2, 0) is 7.05 Å². The summed E-state index contributed by atoms with van der Waals surface area (Å²) in [5.74, 6) is -0.151. The first-order chi connectivity index (χ1) is 17.0. The minimum atomic E-state index is -0.501. The van der Waals surface area contributed by atoms with E-state index in [-0.39, 0.29) is 17.7 Å². The number of pyridine rings is 1. The minimum absolute atomic E-state index is 0.0668. The lowest BCUT2D eigenvalue weighted by Crippen LogP contribution is -2.23. The topological polar surface area (TPSA) is 95.2 Å². The van der Waals surface area contributed by atoms with Gasteiger partial charge >= 0.3 is 0 Å². The molecule has 0 unspecified atom stereocenters. The smallest absolute Gasteiger partial charge is 0.270 e. The Labute approximate surface area is 201 Å². The Morgan fingerprint density at radius 3 is 2.80 bits per heavy atom. The van der Waals surface area contributed by atoms with Crippen molar-refractivity contribution in [2.45, 2.75) is 12.5 Å². The zero-order chi connectivity index (χ0) is 24.4. The highest BCUT2D eigenvalue weighted by Gasteiger charge is 2.30. The molecule has 1 aromatic carbocycles. The van der Waals surface area contributed by atoms with E-state index in [1.165, 1.54) is 13.2 Å². The van der Waals surface area contributed by atoms with Gasteiger partial charge in [-0.3, -0.25) is 14.5 Å². The maximum Gasteiger partial charge on any atom is 0.270 e. The van der Waals surface area contributed by atoms with Gasteiger partial charge in [-0.2, -0.15) is 0 Å². The second-order valence-electron chi connectivity index (χ2n) is 8.19. The highest BCUT2D eigenvalue weighted by molar-refractivity contribution is 6.04. The van der Waals surface area contributed by atoms with Crippen molar-refractivity contribution in [1.82, 2.24) is 24.6 Å². The summed E-state index contributed by atoms with van der Waals surface area (Å²) in [5.41, 5.74) is 3.01. The number of rotatable bonds is 7. The van der Waals surface area contributed by atoms with Crippen LogP contribution in [0.3, 0.4) is 0 Å². The molecule has 0 aliphatic carbocycles.